The van der Waals surface area contributed by atoms with Gasteiger partial charge in [-0.05, 0) is 55.8 Å². The molecule has 0 saturated carbocycles. The highest BCUT2D eigenvalue weighted by molar-refractivity contribution is 6.10. The van der Waals surface area contributed by atoms with Crippen LogP contribution in [-0.2, 0) is 16.1 Å². The number of benzene rings is 2. The Kier molecular flexibility index (Phi) is 4.90. The quantitative estimate of drug-likeness (QED) is 0.907. The first kappa shape index (κ1) is 17.7. The number of carbonyl (C=O) groups is 2. The van der Waals surface area contributed by atoms with Gasteiger partial charge in [0.05, 0.1) is 11.4 Å². The molecule has 0 atom stereocenters. The second-order valence-electron chi connectivity index (χ2n) is 7.17. The fraction of sp³-hybridized carbons (Fsp3) is 0.333. The Morgan fingerprint density at radius 3 is 2.52 bits per heavy atom. The molecule has 140 valence electrons. The predicted molar refractivity (Wildman–Crippen MR) is 102 cm³/mol. The molecular formula is C21H22FN3O2. The Morgan fingerprint density at radius 2 is 1.78 bits per heavy atom. The Bertz CT molecular complexity index is 845. The van der Waals surface area contributed by atoms with Gasteiger partial charge in [0.1, 0.15) is 12.4 Å². The zero-order valence-electron chi connectivity index (χ0n) is 15.0. The Balaban J connectivity index is 1.39. The van der Waals surface area contributed by atoms with E-state index in [2.05, 4.69) is 10.2 Å². The number of halogens is 1. The lowest BCUT2D eigenvalue weighted by atomic mass is 9.94. The number of para-hydroxylation sites is 2. The van der Waals surface area contributed by atoms with Gasteiger partial charge in [-0.25, -0.2) is 4.39 Å². The molecule has 4 rings (SSSR count). The number of hydrogen-bond donors (Lipinski definition) is 1. The number of nitrogens with zero attached hydrogens (tertiary/aromatic N) is 2. The van der Waals surface area contributed by atoms with E-state index in [-0.39, 0.29) is 30.1 Å². The van der Waals surface area contributed by atoms with Gasteiger partial charge in [0.15, 0.2) is 0 Å². The van der Waals surface area contributed by atoms with Crippen LogP contribution >= 0.6 is 0 Å². The van der Waals surface area contributed by atoms with Crippen LogP contribution in [0.1, 0.15) is 18.4 Å². The van der Waals surface area contributed by atoms with Gasteiger partial charge in [0.2, 0.25) is 11.8 Å². The smallest absolute Gasteiger partial charge is 0.244 e. The monoisotopic (exact) mass is 367 g/mol. The number of piperidine rings is 1. The maximum absolute atomic E-state index is 13.0. The molecule has 2 aromatic rings. The first-order chi connectivity index (χ1) is 13.1. The summed E-state index contributed by atoms with van der Waals surface area (Å²) in [4.78, 5) is 28.9. The SMILES string of the molecule is O=C1CN(C(=O)C2CCN(Cc3ccc(F)cc3)CC2)c2ccccc2N1. The van der Waals surface area contributed by atoms with E-state index in [4.69, 9.17) is 0 Å². The minimum atomic E-state index is -0.228. The molecule has 2 aromatic carbocycles. The van der Waals surface area contributed by atoms with E-state index >= 15 is 0 Å². The Hall–Kier alpha value is -2.73. The van der Waals surface area contributed by atoms with Crippen molar-refractivity contribution in [2.24, 2.45) is 5.92 Å². The molecule has 1 fully saturated rings. The van der Waals surface area contributed by atoms with Crippen molar-refractivity contribution in [2.75, 3.05) is 29.9 Å². The van der Waals surface area contributed by atoms with Crippen LogP contribution in [0.25, 0.3) is 0 Å². The average molecular weight is 367 g/mol. The maximum Gasteiger partial charge on any atom is 0.244 e. The van der Waals surface area contributed by atoms with Gasteiger partial charge >= 0.3 is 0 Å². The topological polar surface area (TPSA) is 52.7 Å². The van der Waals surface area contributed by atoms with E-state index in [0.717, 1.165) is 43.7 Å². The van der Waals surface area contributed by atoms with Crippen molar-refractivity contribution in [3.05, 3.63) is 59.9 Å². The molecule has 0 aromatic heterocycles. The molecule has 2 aliphatic heterocycles. The molecule has 0 aliphatic carbocycles. The Labute approximate surface area is 157 Å². The summed E-state index contributed by atoms with van der Waals surface area (Å²) in [6.45, 7) is 2.46. The van der Waals surface area contributed by atoms with Gasteiger partial charge in [-0.2, -0.15) is 0 Å². The molecule has 5 nitrogen and oxygen atoms in total. The van der Waals surface area contributed by atoms with Gasteiger partial charge in [-0.1, -0.05) is 24.3 Å². The van der Waals surface area contributed by atoms with Crippen LogP contribution in [-0.4, -0.2) is 36.3 Å². The third kappa shape index (κ3) is 3.85. The fourth-order valence-corrected chi connectivity index (χ4v) is 3.84. The highest BCUT2D eigenvalue weighted by Gasteiger charge is 2.33. The molecule has 27 heavy (non-hydrogen) atoms. The van der Waals surface area contributed by atoms with Crippen molar-refractivity contribution >= 4 is 23.2 Å². The summed E-state index contributed by atoms with van der Waals surface area (Å²) in [5.41, 5.74) is 2.54. The molecule has 0 spiro atoms. The van der Waals surface area contributed by atoms with Crippen molar-refractivity contribution < 1.29 is 14.0 Å². The minimum Gasteiger partial charge on any atom is -0.323 e. The summed E-state index contributed by atoms with van der Waals surface area (Å²) in [5.74, 6) is -0.433. The number of rotatable bonds is 3. The van der Waals surface area contributed by atoms with E-state index < -0.39 is 0 Å². The highest BCUT2D eigenvalue weighted by Crippen LogP contribution is 2.32. The standard InChI is InChI=1S/C21H22FN3O2/c22-17-7-5-15(6-8-17)13-24-11-9-16(10-12-24)21(27)25-14-20(26)23-18-3-1-2-4-19(18)25/h1-8,16H,9-14H2,(H,23,26). The van der Waals surface area contributed by atoms with E-state index in [1.807, 2.05) is 24.3 Å². The van der Waals surface area contributed by atoms with E-state index in [9.17, 15) is 14.0 Å². The lowest BCUT2D eigenvalue weighted by Gasteiger charge is -2.36. The van der Waals surface area contributed by atoms with Crippen molar-refractivity contribution in [3.8, 4) is 0 Å². The van der Waals surface area contributed by atoms with Gasteiger partial charge in [-0.3, -0.25) is 14.5 Å². The number of likely N-dealkylation sites (tertiary alicyclic amines) is 1. The summed E-state index contributed by atoms with van der Waals surface area (Å²) in [5, 5.41) is 2.82. The predicted octanol–water partition coefficient (Wildman–Crippen LogP) is 3.02. The van der Waals surface area contributed by atoms with Crippen LogP contribution in [0.15, 0.2) is 48.5 Å². The van der Waals surface area contributed by atoms with Crippen LogP contribution in [0.3, 0.4) is 0 Å². The summed E-state index contributed by atoms with van der Waals surface area (Å²) < 4.78 is 13.0. The van der Waals surface area contributed by atoms with E-state index in [0.29, 0.717) is 5.69 Å². The molecule has 0 radical (unpaired) electrons. The molecule has 2 heterocycles. The molecule has 0 unspecified atom stereocenters. The molecule has 2 amide bonds. The number of amides is 2. The second kappa shape index (κ2) is 7.48. The number of nitrogens with one attached hydrogen (secondary N) is 1. The van der Waals surface area contributed by atoms with Gasteiger partial charge in [0, 0.05) is 12.5 Å². The molecular weight excluding hydrogens is 345 g/mol. The number of fused-ring (bicyclic) bond motifs is 1. The van der Waals surface area contributed by atoms with Gasteiger partial charge < -0.3 is 10.2 Å². The second-order valence-corrected chi connectivity index (χ2v) is 7.17. The number of hydrogen-bond acceptors (Lipinski definition) is 3. The molecule has 1 saturated heterocycles. The summed E-state index contributed by atoms with van der Waals surface area (Å²) >= 11 is 0. The van der Waals surface area contributed by atoms with Crippen molar-refractivity contribution in [1.29, 1.82) is 0 Å². The van der Waals surface area contributed by atoms with Crippen LogP contribution in [0.5, 0.6) is 0 Å². The summed E-state index contributed by atoms with van der Waals surface area (Å²) in [7, 11) is 0. The molecule has 2 aliphatic rings. The summed E-state index contributed by atoms with van der Waals surface area (Å²) in [6.07, 6.45) is 1.53. The maximum atomic E-state index is 13.0. The molecule has 6 heteroatoms. The zero-order valence-corrected chi connectivity index (χ0v) is 15.0. The van der Waals surface area contributed by atoms with Crippen molar-refractivity contribution in [3.63, 3.8) is 0 Å². The van der Waals surface area contributed by atoms with Crippen LogP contribution < -0.4 is 10.2 Å². The van der Waals surface area contributed by atoms with Crippen molar-refractivity contribution in [1.82, 2.24) is 4.90 Å². The fourth-order valence-electron chi connectivity index (χ4n) is 3.84. The minimum absolute atomic E-state index is 0.0266. The average Bonchev–Trinajstić information content (AvgIpc) is 2.69. The molecule has 1 N–H and O–H groups in total. The van der Waals surface area contributed by atoms with E-state index in [1.165, 1.54) is 12.1 Å². The highest BCUT2D eigenvalue weighted by atomic mass is 19.1. The third-order valence-corrected chi connectivity index (χ3v) is 5.29. The Morgan fingerprint density at radius 1 is 1.07 bits per heavy atom. The van der Waals surface area contributed by atoms with Crippen LogP contribution in [0.2, 0.25) is 0 Å². The lowest BCUT2D eigenvalue weighted by Crippen LogP contribution is -2.47. The van der Waals surface area contributed by atoms with Gasteiger partial charge in [0.25, 0.3) is 0 Å². The van der Waals surface area contributed by atoms with Gasteiger partial charge in [-0.15, -0.1) is 0 Å². The van der Waals surface area contributed by atoms with Crippen LogP contribution in [0, 0.1) is 11.7 Å². The first-order valence-electron chi connectivity index (χ1n) is 9.27. The van der Waals surface area contributed by atoms with Crippen LogP contribution in [0.4, 0.5) is 15.8 Å². The third-order valence-electron chi connectivity index (χ3n) is 5.29. The summed E-state index contributed by atoms with van der Waals surface area (Å²) in [6, 6.07) is 14.0. The van der Waals surface area contributed by atoms with E-state index in [1.54, 1.807) is 17.0 Å². The molecule has 0 bridgehead atoms. The number of carbonyl (C=O) groups excluding carboxylic acids is 2. The normalized spacial score (nSPS) is 18.1. The first-order valence-corrected chi connectivity index (χ1v) is 9.27. The van der Waals surface area contributed by atoms with Crippen molar-refractivity contribution in [2.45, 2.75) is 19.4 Å². The lowest BCUT2D eigenvalue weighted by molar-refractivity contribution is -0.125. The zero-order chi connectivity index (χ0) is 18.8. The largest absolute Gasteiger partial charge is 0.323 e. The number of anilines is 2.